The van der Waals surface area contributed by atoms with Gasteiger partial charge in [-0.3, -0.25) is 4.40 Å². The van der Waals surface area contributed by atoms with Crippen molar-refractivity contribution in [3.8, 4) is 0 Å². The number of pyridine rings is 1. The predicted molar refractivity (Wildman–Crippen MR) is 81.1 cm³/mol. The molecule has 0 bridgehead atoms. The quantitative estimate of drug-likeness (QED) is 0.752. The number of sulfonamides is 1. The van der Waals surface area contributed by atoms with Gasteiger partial charge >= 0.3 is 0 Å². The number of hydrogen-bond acceptors (Lipinski definition) is 4. The van der Waals surface area contributed by atoms with E-state index in [1.807, 2.05) is 0 Å². The Hall–Kier alpha value is -1.15. The fraction of sp³-hybridized carbons (Fsp3) is 0.462. The van der Waals surface area contributed by atoms with Crippen molar-refractivity contribution in [1.29, 1.82) is 0 Å². The molecule has 6 nitrogen and oxygen atoms in total. The molecule has 0 aliphatic rings. The van der Waals surface area contributed by atoms with E-state index in [1.54, 1.807) is 24.4 Å². The lowest BCUT2D eigenvalue weighted by molar-refractivity contribution is 0.136. The van der Waals surface area contributed by atoms with Crippen molar-refractivity contribution < 1.29 is 13.2 Å². The molecule has 0 unspecified atom stereocenters. The van der Waals surface area contributed by atoms with Crippen LogP contribution < -0.4 is 4.72 Å². The zero-order valence-corrected chi connectivity index (χ0v) is 13.3. The van der Waals surface area contributed by atoms with E-state index in [-0.39, 0.29) is 16.7 Å². The van der Waals surface area contributed by atoms with Crippen LogP contribution in [0.25, 0.3) is 5.65 Å². The molecule has 0 aliphatic carbocycles. The minimum absolute atomic E-state index is 0.0411. The van der Waals surface area contributed by atoms with Crippen LogP contribution in [-0.2, 0) is 14.8 Å². The zero-order valence-electron chi connectivity index (χ0n) is 11.8. The maximum atomic E-state index is 12.3. The number of fused-ring (bicyclic) bond motifs is 1. The van der Waals surface area contributed by atoms with Gasteiger partial charge in [0, 0.05) is 19.3 Å². The van der Waals surface area contributed by atoms with Gasteiger partial charge in [0.05, 0.1) is 6.61 Å². The number of halogens is 1. The molecule has 8 heteroatoms. The molecule has 0 saturated carbocycles. The van der Waals surface area contributed by atoms with E-state index in [4.69, 9.17) is 16.3 Å². The summed E-state index contributed by atoms with van der Waals surface area (Å²) in [6.45, 7) is 3.23. The highest BCUT2D eigenvalue weighted by Gasteiger charge is 2.23. The van der Waals surface area contributed by atoms with Gasteiger partial charge in [-0.1, -0.05) is 31.0 Å². The molecule has 0 atom stereocenters. The van der Waals surface area contributed by atoms with E-state index >= 15 is 0 Å². The number of aromatic nitrogens is 2. The first-order valence-corrected chi connectivity index (χ1v) is 8.62. The van der Waals surface area contributed by atoms with Gasteiger partial charge < -0.3 is 4.74 Å². The molecule has 0 spiro atoms. The van der Waals surface area contributed by atoms with Crippen LogP contribution in [0.5, 0.6) is 0 Å². The SMILES string of the molecule is CCCCOCCNS(=O)(=O)c1c(Cl)nc2ccccn12. The van der Waals surface area contributed by atoms with Crippen LogP contribution in [0.3, 0.4) is 0 Å². The van der Waals surface area contributed by atoms with Gasteiger partial charge in [0.25, 0.3) is 10.0 Å². The molecule has 116 valence electrons. The summed E-state index contributed by atoms with van der Waals surface area (Å²) >= 11 is 5.95. The van der Waals surface area contributed by atoms with Crippen molar-refractivity contribution in [1.82, 2.24) is 14.1 Å². The summed E-state index contributed by atoms with van der Waals surface area (Å²) in [4.78, 5) is 4.03. The molecule has 0 aromatic carbocycles. The molecule has 0 amide bonds. The highest BCUT2D eigenvalue weighted by molar-refractivity contribution is 7.89. The normalized spacial score (nSPS) is 12.1. The summed E-state index contributed by atoms with van der Waals surface area (Å²) < 4.78 is 33.9. The molecule has 1 N–H and O–H groups in total. The lowest BCUT2D eigenvalue weighted by atomic mass is 10.4. The maximum absolute atomic E-state index is 12.3. The van der Waals surface area contributed by atoms with Crippen LogP contribution >= 0.6 is 11.6 Å². The minimum atomic E-state index is -3.73. The first kappa shape index (κ1) is 16.2. The molecule has 0 aliphatic heterocycles. The molecular formula is C13H18ClN3O3S. The standard InChI is InChI=1S/C13H18ClN3O3S/c1-2-3-9-20-10-7-15-21(18,19)13-12(14)16-11-6-4-5-8-17(11)13/h4-6,8,15H,2-3,7,9-10H2,1H3. The molecule has 0 radical (unpaired) electrons. The van der Waals surface area contributed by atoms with Gasteiger partial charge in [0.1, 0.15) is 5.65 Å². The number of hydrogen-bond donors (Lipinski definition) is 1. The number of imidazole rings is 1. The summed E-state index contributed by atoms with van der Waals surface area (Å²) in [6, 6.07) is 5.18. The van der Waals surface area contributed by atoms with Gasteiger partial charge in [0.15, 0.2) is 10.2 Å². The monoisotopic (exact) mass is 331 g/mol. The average Bonchev–Trinajstić information content (AvgIpc) is 2.79. The Labute approximate surface area is 129 Å². The second-order valence-corrected chi connectivity index (χ2v) is 6.54. The highest BCUT2D eigenvalue weighted by atomic mass is 35.5. The average molecular weight is 332 g/mol. The third kappa shape index (κ3) is 3.94. The Morgan fingerprint density at radius 1 is 1.38 bits per heavy atom. The summed E-state index contributed by atoms with van der Waals surface area (Å²) in [5.41, 5.74) is 0.488. The second-order valence-electron chi connectivity index (χ2n) is 4.50. The Balaban J connectivity index is 2.06. The Bertz CT molecular complexity index is 700. The Kier molecular flexibility index (Phi) is 5.58. The van der Waals surface area contributed by atoms with Gasteiger partial charge in [-0.05, 0) is 18.6 Å². The number of ether oxygens (including phenoxy) is 1. The lowest BCUT2D eigenvalue weighted by Crippen LogP contribution is -2.28. The van der Waals surface area contributed by atoms with Gasteiger partial charge in [-0.15, -0.1) is 0 Å². The van der Waals surface area contributed by atoms with Crippen LogP contribution in [0.2, 0.25) is 5.15 Å². The summed E-state index contributed by atoms with van der Waals surface area (Å²) in [7, 11) is -3.73. The van der Waals surface area contributed by atoms with E-state index in [2.05, 4.69) is 16.6 Å². The van der Waals surface area contributed by atoms with Gasteiger partial charge in [-0.2, -0.15) is 0 Å². The summed E-state index contributed by atoms with van der Waals surface area (Å²) in [5.74, 6) is 0. The minimum Gasteiger partial charge on any atom is -0.380 e. The zero-order chi connectivity index (χ0) is 15.3. The number of nitrogens with one attached hydrogen (secondary N) is 1. The van der Waals surface area contributed by atoms with E-state index in [0.717, 1.165) is 12.8 Å². The van der Waals surface area contributed by atoms with Gasteiger partial charge in [0.2, 0.25) is 0 Å². The Morgan fingerprint density at radius 3 is 2.95 bits per heavy atom. The number of rotatable bonds is 8. The first-order valence-electron chi connectivity index (χ1n) is 6.76. The lowest BCUT2D eigenvalue weighted by Gasteiger charge is -2.07. The summed E-state index contributed by atoms with van der Waals surface area (Å²) in [6.07, 6.45) is 3.62. The maximum Gasteiger partial charge on any atom is 0.259 e. The van der Waals surface area contributed by atoms with Crippen molar-refractivity contribution in [2.45, 2.75) is 24.8 Å². The van der Waals surface area contributed by atoms with Crippen molar-refractivity contribution in [2.75, 3.05) is 19.8 Å². The molecule has 2 aromatic heterocycles. The number of unbranched alkanes of at least 4 members (excludes halogenated alkanes) is 1. The van der Waals surface area contributed by atoms with E-state index < -0.39 is 10.0 Å². The Morgan fingerprint density at radius 2 is 2.19 bits per heavy atom. The van der Waals surface area contributed by atoms with Crippen molar-refractivity contribution in [2.24, 2.45) is 0 Å². The highest BCUT2D eigenvalue weighted by Crippen LogP contribution is 2.22. The van der Waals surface area contributed by atoms with E-state index in [0.29, 0.717) is 18.9 Å². The molecular weight excluding hydrogens is 314 g/mol. The second kappa shape index (κ2) is 7.22. The fourth-order valence-electron chi connectivity index (χ4n) is 1.85. The smallest absolute Gasteiger partial charge is 0.259 e. The van der Waals surface area contributed by atoms with E-state index in [9.17, 15) is 8.42 Å². The molecule has 2 heterocycles. The van der Waals surface area contributed by atoms with Crippen LogP contribution in [-0.4, -0.2) is 37.6 Å². The topological polar surface area (TPSA) is 72.7 Å². The molecule has 0 fully saturated rings. The van der Waals surface area contributed by atoms with Crippen molar-refractivity contribution >= 4 is 27.3 Å². The van der Waals surface area contributed by atoms with Crippen molar-refractivity contribution in [3.63, 3.8) is 0 Å². The number of nitrogens with zero attached hydrogens (tertiary/aromatic N) is 2. The largest absolute Gasteiger partial charge is 0.380 e. The van der Waals surface area contributed by atoms with Crippen LogP contribution in [0.4, 0.5) is 0 Å². The first-order chi connectivity index (χ1) is 10.1. The van der Waals surface area contributed by atoms with Crippen LogP contribution in [0.15, 0.2) is 29.4 Å². The van der Waals surface area contributed by atoms with Crippen LogP contribution in [0, 0.1) is 0 Å². The van der Waals surface area contributed by atoms with Crippen molar-refractivity contribution in [3.05, 3.63) is 29.5 Å². The van der Waals surface area contributed by atoms with Gasteiger partial charge in [-0.25, -0.2) is 18.1 Å². The fourth-order valence-corrected chi connectivity index (χ4v) is 3.50. The predicted octanol–water partition coefficient (Wildman–Crippen LogP) is 2.08. The van der Waals surface area contributed by atoms with Crippen LogP contribution in [0.1, 0.15) is 19.8 Å². The third-order valence-electron chi connectivity index (χ3n) is 2.88. The molecule has 0 saturated heterocycles. The molecule has 21 heavy (non-hydrogen) atoms. The molecule has 2 rings (SSSR count). The van der Waals surface area contributed by atoms with E-state index in [1.165, 1.54) is 4.40 Å². The molecule has 2 aromatic rings. The third-order valence-corrected chi connectivity index (χ3v) is 4.74. The summed E-state index contributed by atoms with van der Waals surface area (Å²) in [5, 5.41) is -0.0890.